The first kappa shape index (κ1) is 15.2. The maximum absolute atomic E-state index is 6.99. The van der Waals surface area contributed by atoms with Crippen LogP contribution < -0.4 is 0 Å². The van der Waals surface area contributed by atoms with Crippen molar-refractivity contribution in [1.82, 2.24) is 0 Å². The Morgan fingerprint density at radius 1 is 0.667 bits per heavy atom. The highest BCUT2D eigenvalue weighted by Gasteiger charge is 2.62. The topological polar surface area (TPSA) is 0 Å². The van der Waals surface area contributed by atoms with Gasteiger partial charge in [-0.3, -0.25) is 0 Å². The molecule has 4 saturated carbocycles. The van der Waals surface area contributed by atoms with E-state index in [-0.39, 0.29) is 5.41 Å². The van der Waals surface area contributed by atoms with Gasteiger partial charge in [0.15, 0.2) is 0 Å². The number of benzene rings is 3. The zero-order valence-corrected chi connectivity index (χ0v) is 16.2. The van der Waals surface area contributed by atoms with Crippen LogP contribution in [0.1, 0.15) is 43.2 Å². The van der Waals surface area contributed by atoms with Gasteiger partial charge in [0.25, 0.3) is 0 Å². The highest BCUT2D eigenvalue weighted by atomic mass is 35.5. The van der Waals surface area contributed by atoms with Crippen molar-refractivity contribution in [3.8, 4) is 11.1 Å². The van der Waals surface area contributed by atoms with Gasteiger partial charge in [0, 0.05) is 10.4 Å². The first-order chi connectivity index (χ1) is 13.3. The summed E-state index contributed by atoms with van der Waals surface area (Å²) in [7, 11) is 0. The SMILES string of the molecule is Clc1cccc2c1C1(c3c-2ccc2ccccc32)C2CC3CC(C2)CC1C3. The summed E-state index contributed by atoms with van der Waals surface area (Å²) in [5.74, 6) is 3.45. The molecule has 0 aliphatic heterocycles. The summed E-state index contributed by atoms with van der Waals surface area (Å²) in [6, 6.07) is 20.3. The van der Waals surface area contributed by atoms with E-state index < -0.39 is 0 Å². The Morgan fingerprint density at radius 2 is 1.37 bits per heavy atom. The third kappa shape index (κ3) is 1.68. The summed E-state index contributed by atoms with van der Waals surface area (Å²) in [4.78, 5) is 0. The Morgan fingerprint density at radius 3 is 2.15 bits per heavy atom. The lowest BCUT2D eigenvalue weighted by Crippen LogP contribution is -2.55. The molecule has 3 aromatic carbocycles. The average molecular weight is 371 g/mol. The van der Waals surface area contributed by atoms with Gasteiger partial charge in [-0.2, -0.15) is 0 Å². The number of halogens is 1. The molecule has 0 amide bonds. The van der Waals surface area contributed by atoms with Gasteiger partial charge < -0.3 is 0 Å². The normalized spacial score (nSPS) is 35.0. The monoisotopic (exact) mass is 370 g/mol. The summed E-state index contributed by atoms with van der Waals surface area (Å²) in [6.07, 6.45) is 7.10. The van der Waals surface area contributed by atoms with Crippen LogP contribution >= 0.6 is 11.6 Å². The minimum atomic E-state index is 0.150. The van der Waals surface area contributed by atoms with Crippen molar-refractivity contribution in [2.75, 3.05) is 0 Å². The van der Waals surface area contributed by atoms with E-state index in [1.54, 1.807) is 5.56 Å². The molecular weight excluding hydrogens is 348 g/mol. The van der Waals surface area contributed by atoms with Crippen molar-refractivity contribution in [1.29, 1.82) is 0 Å². The van der Waals surface area contributed by atoms with E-state index in [9.17, 15) is 0 Å². The van der Waals surface area contributed by atoms with Crippen molar-refractivity contribution in [3.05, 3.63) is 70.7 Å². The molecule has 5 aliphatic carbocycles. The predicted molar refractivity (Wildman–Crippen MR) is 112 cm³/mol. The zero-order chi connectivity index (χ0) is 17.8. The Bertz CT molecular complexity index is 1080. The van der Waals surface area contributed by atoms with Crippen molar-refractivity contribution in [2.24, 2.45) is 23.7 Å². The quantitative estimate of drug-likeness (QED) is 0.392. The van der Waals surface area contributed by atoms with E-state index in [1.165, 1.54) is 59.6 Å². The van der Waals surface area contributed by atoms with Crippen LogP contribution in [0.3, 0.4) is 0 Å². The third-order valence-electron chi connectivity index (χ3n) is 8.49. The lowest BCUT2D eigenvalue weighted by molar-refractivity contribution is -0.0393. The number of rotatable bonds is 0. The number of hydrogen-bond acceptors (Lipinski definition) is 0. The van der Waals surface area contributed by atoms with Gasteiger partial charge in [-0.05, 0) is 94.9 Å². The molecule has 0 atom stereocenters. The fourth-order valence-electron chi connectivity index (χ4n) is 7.98. The van der Waals surface area contributed by atoms with Crippen molar-refractivity contribution < 1.29 is 0 Å². The van der Waals surface area contributed by atoms with Gasteiger partial charge in [-0.15, -0.1) is 0 Å². The molecule has 8 rings (SSSR count). The van der Waals surface area contributed by atoms with E-state index in [2.05, 4.69) is 54.6 Å². The Labute approximate surface area is 165 Å². The second-order valence-corrected chi connectivity index (χ2v) is 9.95. The fourth-order valence-corrected chi connectivity index (χ4v) is 8.31. The fraction of sp³-hybridized carbons (Fsp3) is 0.385. The standard InChI is InChI=1S/C26H23Cl/c27-23-7-3-6-21-22-9-8-17-4-1-2-5-20(17)24(22)26(25(21)23)18-11-15-10-16(13-18)14-19(26)12-15/h1-9,15-16,18-19H,10-14H2. The van der Waals surface area contributed by atoms with Crippen molar-refractivity contribution in [3.63, 3.8) is 0 Å². The maximum atomic E-state index is 6.99. The number of hydrogen-bond donors (Lipinski definition) is 0. The van der Waals surface area contributed by atoms with Gasteiger partial charge in [0.05, 0.1) is 0 Å². The summed E-state index contributed by atoms with van der Waals surface area (Å²) in [6.45, 7) is 0. The molecule has 5 aliphatic rings. The van der Waals surface area contributed by atoms with Crippen molar-refractivity contribution >= 4 is 22.4 Å². The van der Waals surface area contributed by atoms with Crippen LogP contribution in [0.15, 0.2) is 54.6 Å². The summed E-state index contributed by atoms with van der Waals surface area (Å²) in [5.41, 5.74) is 6.12. The van der Waals surface area contributed by atoms with Gasteiger partial charge in [0.1, 0.15) is 0 Å². The molecular formula is C26H23Cl. The van der Waals surface area contributed by atoms with Crippen LogP contribution in [0.4, 0.5) is 0 Å². The Hall–Kier alpha value is -1.79. The molecule has 0 radical (unpaired) electrons. The van der Waals surface area contributed by atoms with Crippen molar-refractivity contribution in [2.45, 2.75) is 37.5 Å². The third-order valence-corrected chi connectivity index (χ3v) is 8.80. The van der Waals surface area contributed by atoms with E-state index in [4.69, 9.17) is 11.6 Å². The summed E-state index contributed by atoms with van der Waals surface area (Å²) >= 11 is 6.99. The van der Waals surface area contributed by atoms with Gasteiger partial charge in [-0.25, -0.2) is 0 Å². The molecule has 1 spiro atoms. The Kier molecular flexibility index (Phi) is 2.79. The molecule has 0 nitrogen and oxygen atoms in total. The van der Waals surface area contributed by atoms with Gasteiger partial charge >= 0.3 is 0 Å². The molecule has 0 heterocycles. The largest absolute Gasteiger partial charge is 0.0840 e. The van der Waals surface area contributed by atoms with E-state index in [0.717, 1.165) is 28.7 Å². The highest BCUT2D eigenvalue weighted by molar-refractivity contribution is 6.32. The predicted octanol–water partition coefficient (Wildman–Crippen LogP) is 7.22. The van der Waals surface area contributed by atoms with Crippen LogP contribution in [-0.2, 0) is 5.41 Å². The minimum absolute atomic E-state index is 0.150. The van der Waals surface area contributed by atoms with Crippen LogP contribution in [0.25, 0.3) is 21.9 Å². The average Bonchev–Trinajstić information content (AvgIpc) is 2.99. The molecule has 0 saturated heterocycles. The smallest absolute Gasteiger partial charge is 0.0453 e. The molecule has 1 heteroatoms. The minimum Gasteiger partial charge on any atom is -0.0840 e. The molecule has 0 aromatic heterocycles. The maximum Gasteiger partial charge on any atom is 0.0453 e. The molecule has 134 valence electrons. The van der Waals surface area contributed by atoms with E-state index in [0.29, 0.717) is 0 Å². The molecule has 4 bridgehead atoms. The first-order valence-corrected chi connectivity index (χ1v) is 11.0. The van der Waals surface area contributed by atoms with E-state index >= 15 is 0 Å². The van der Waals surface area contributed by atoms with Gasteiger partial charge in [0.2, 0.25) is 0 Å². The lowest BCUT2D eigenvalue weighted by atomic mass is 9.43. The lowest BCUT2D eigenvalue weighted by Gasteiger charge is -2.61. The molecule has 0 N–H and O–H groups in total. The summed E-state index contributed by atoms with van der Waals surface area (Å²) in [5, 5.41) is 3.85. The second-order valence-electron chi connectivity index (χ2n) is 9.55. The zero-order valence-electron chi connectivity index (χ0n) is 15.4. The molecule has 3 aromatic rings. The number of fused-ring (bicyclic) bond motifs is 5. The van der Waals surface area contributed by atoms with Crippen LogP contribution in [-0.4, -0.2) is 0 Å². The Balaban J connectivity index is 1.65. The first-order valence-electron chi connectivity index (χ1n) is 10.6. The van der Waals surface area contributed by atoms with Crippen LogP contribution in [0.5, 0.6) is 0 Å². The molecule has 0 unspecified atom stereocenters. The van der Waals surface area contributed by atoms with E-state index in [1.807, 2.05) is 0 Å². The highest BCUT2D eigenvalue weighted by Crippen LogP contribution is 2.70. The second kappa shape index (κ2) is 4.97. The van der Waals surface area contributed by atoms with Crippen LogP contribution in [0, 0.1) is 23.7 Å². The summed E-state index contributed by atoms with van der Waals surface area (Å²) < 4.78 is 0. The molecule has 27 heavy (non-hydrogen) atoms. The van der Waals surface area contributed by atoms with Crippen LogP contribution in [0.2, 0.25) is 5.02 Å². The van der Waals surface area contributed by atoms with Gasteiger partial charge in [-0.1, -0.05) is 60.1 Å². The molecule has 4 fully saturated rings.